The molecule has 0 N–H and O–H groups in total. The van der Waals surface area contributed by atoms with E-state index in [1.165, 1.54) is 0 Å². The number of hydrogen-bond donors (Lipinski definition) is 0. The van der Waals surface area contributed by atoms with Crippen molar-refractivity contribution in [2.45, 2.75) is 0 Å². The molecule has 1 radical (unpaired) electrons. The van der Waals surface area contributed by atoms with Crippen molar-refractivity contribution < 1.29 is 39.2 Å². The van der Waals surface area contributed by atoms with Crippen LogP contribution in [0.3, 0.4) is 0 Å². The molecule has 1 aliphatic heterocycles. The Bertz CT molecular complexity index is 286. The third-order valence-corrected chi connectivity index (χ3v) is 2.19. The molecular formula is LiO9S2. The first-order valence-corrected chi connectivity index (χ1v) is 4.50. The number of hydrogen-bond acceptors (Lipinski definition) is 9. The average molecular weight is 215 g/mol. The first-order valence-electron chi connectivity index (χ1n) is 1.83. The molecule has 12 heavy (non-hydrogen) atoms. The molecule has 1 heterocycles. The predicted octanol–water partition coefficient (Wildman–Crippen LogP) is -2.06. The van der Waals surface area contributed by atoms with Crippen molar-refractivity contribution in [1.29, 1.82) is 0 Å². The Balaban J connectivity index is 0.00000121. The van der Waals surface area contributed by atoms with Gasteiger partial charge in [0.05, 0.1) is 0 Å². The fraction of sp³-hybridized carbons (Fsp3) is 0. The van der Waals surface area contributed by atoms with Crippen molar-refractivity contribution in [3.63, 3.8) is 0 Å². The molecule has 9 nitrogen and oxygen atoms in total. The second-order valence-electron chi connectivity index (χ2n) is 1.16. The van der Waals surface area contributed by atoms with E-state index in [4.69, 9.17) is 0 Å². The zero-order valence-corrected chi connectivity index (χ0v) is 7.12. The zero-order valence-electron chi connectivity index (χ0n) is 5.49. The van der Waals surface area contributed by atoms with E-state index in [0.717, 1.165) is 0 Å². The molecule has 1 saturated heterocycles. The van der Waals surface area contributed by atoms with E-state index >= 15 is 0 Å². The maximum Gasteiger partial charge on any atom is 0.445 e. The monoisotopic (exact) mass is 215 g/mol. The summed E-state index contributed by atoms with van der Waals surface area (Å²) >= 11 is 0. The number of rotatable bonds is 0. The van der Waals surface area contributed by atoms with Crippen LogP contribution in [0.2, 0.25) is 0 Å². The molecule has 0 unspecified atom stereocenters. The molecule has 0 aliphatic carbocycles. The molecule has 0 saturated carbocycles. The largest absolute Gasteiger partial charge is 0.445 e. The topological polar surface area (TPSA) is 114 Å². The van der Waals surface area contributed by atoms with E-state index in [0.29, 0.717) is 0 Å². The first kappa shape index (κ1) is 12.3. The van der Waals surface area contributed by atoms with Gasteiger partial charge in [0.25, 0.3) is 0 Å². The van der Waals surface area contributed by atoms with Gasteiger partial charge in [-0.05, 0) is 18.7 Å². The molecule has 0 aromatic rings. The normalized spacial score (nSPS) is 26.7. The van der Waals surface area contributed by atoms with E-state index in [1.807, 2.05) is 0 Å². The summed E-state index contributed by atoms with van der Waals surface area (Å²) in [7, 11) is -9.57. The van der Waals surface area contributed by atoms with Gasteiger partial charge in [-0.15, -0.1) is 0 Å². The van der Waals surface area contributed by atoms with E-state index < -0.39 is 20.8 Å². The van der Waals surface area contributed by atoms with Crippen LogP contribution in [0.15, 0.2) is 0 Å². The molecular weight excluding hydrogens is 215 g/mol. The Morgan fingerprint density at radius 3 is 1.42 bits per heavy atom. The van der Waals surface area contributed by atoms with Gasteiger partial charge >= 0.3 is 20.8 Å². The Morgan fingerprint density at radius 1 is 0.750 bits per heavy atom. The maximum absolute atomic E-state index is 10.2. The van der Waals surface area contributed by atoms with Crippen molar-refractivity contribution in [3.8, 4) is 0 Å². The minimum absolute atomic E-state index is 0. The summed E-state index contributed by atoms with van der Waals surface area (Å²) in [4.78, 5) is 0. The molecule has 0 atom stereocenters. The summed E-state index contributed by atoms with van der Waals surface area (Å²) in [6.07, 6.45) is 0. The minimum Gasteiger partial charge on any atom is -0.165 e. The fourth-order valence-electron chi connectivity index (χ4n) is 0.215. The first-order chi connectivity index (χ1) is 4.91. The molecule has 1 aliphatic rings. The summed E-state index contributed by atoms with van der Waals surface area (Å²) in [5.74, 6) is 0. The molecule has 0 aromatic heterocycles. The van der Waals surface area contributed by atoms with Crippen LogP contribution in [0.5, 0.6) is 0 Å². The third-order valence-electron chi connectivity index (χ3n) is 0.417. The third kappa shape index (κ3) is 3.80. The smallest absolute Gasteiger partial charge is 0.165 e. The van der Waals surface area contributed by atoms with Gasteiger partial charge in [0.15, 0.2) is 0 Å². The molecule has 0 bridgehead atoms. The van der Waals surface area contributed by atoms with Crippen LogP contribution in [-0.2, 0) is 43.2 Å². The van der Waals surface area contributed by atoms with Gasteiger partial charge in [-0.25, -0.2) is 0 Å². The van der Waals surface area contributed by atoms with Gasteiger partial charge in [0.1, 0.15) is 0 Å². The van der Waals surface area contributed by atoms with E-state index in [-0.39, 0.29) is 18.9 Å². The van der Waals surface area contributed by atoms with Gasteiger partial charge in [0, 0.05) is 18.9 Å². The standard InChI is InChI=1S/Li.O9S2/c;1-10(2)7-5-6-8-11(3,4)9-10. The van der Waals surface area contributed by atoms with Crippen LogP contribution in [0.1, 0.15) is 0 Å². The Morgan fingerprint density at radius 2 is 1.08 bits per heavy atom. The summed E-state index contributed by atoms with van der Waals surface area (Å²) in [5, 5.41) is 6.46. The molecule has 0 aromatic carbocycles. The van der Waals surface area contributed by atoms with Crippen LogP contribution in [0.4, 0.5) is 0 Å². The second kappa shape index (κ2) is 4.00. The zero-order chi connectivity index (χ0) is 8.54. The van der Waals surface area contributed by atoms with Crippen molar-refractivity contribution in [2.75, 3.05) is 0 Å². The van der Waals surface area contributed by atoms with Crippen LogP contribution in [0.25, 0.3) is 0 Å². The van der Waals surface area contributed by atoms with Crippen LogP contribution < -0.4 is 0 Å². The Labute approximate surface area is 79.1 Å². The molecule has 0 amide bonds. The molecule has 12 heteroatoms. The molecule has 67 valence electrons. The second-order valence-corrected chi connectivity index (χ2v) is 3.61. The molecule has 1 rings (SSSR count). The van der Waals surface area contributed by atoms with E-state index in [1.54, 1.807) is 0 Å². The quantitative estimate of drug-likeness (QED) is 0.332. The van der Waals surface area contributed by atoms with Crippen molar-refractivity contribution >= 4 is 39.7 Å². The Hall–Kier alpha value is 0.297. The summed E-state index contributed by atoms with van der Waals surface area (Å²) in [6, 6.07) is 0. The van der Waals surface area contributed by atoms with E-state index in [9.17, 15) is 16.8 Å². The van der Waals surface area contributed by atoms with Crippen molar-refractivity contribution in [3.05, 3.63) is 0 Å². The summed E-state index contributed by atoms with van der Waals surface area (Å²) in [6.45, 7) is 0. The fourth-order valence-corrected chi connectivity index (χ4v) is 1.39. The van der Waals surface area contributed by atoms with Crippen LogP contribution in [-0.4, -0.2) is 35.7 Å². The average Bonchev–Trinajstić information content (AvgIpc) is 1.86. The van der Waals surface area contributed by atoms with Gasteiger partial charge in [-0.1, -0.05) is 3.63 Å². The maximum atomic E-state index is 10.2. The van der Waals surface area contributed by atoms with Crippen LogP contribution >= 0.6 is 0 Å². The SMILES string of the molecule is O=S1(=O)OOOOS(=O)(=O)O1.[Li]. The molecule has 1 fully saturated rings. The van der Waals surface area contributed by atoms with Gasteiger partial charge in [-0.3, -0.25) is 0 Å². The predicted molar refractivity (Wildman–Crippen MR) is 29.0 cm³/mol. The van der Waals surface area contributed by atoms with Gasteiger partial charge < -0.3 is 0 Å². The minimum atomic E-state index is -4.79. The van der Waals surface area contributed by atoms with Crippen molar-refractivity contribution in [2.24, 2.45) is 0 Å². The van der Waals surface area contributed by atoms with Crippen LogP contribution in [0, 0.1) is 0 Å². The Kier molecular flexibility index (Phi) is 4.10. The summed E-state index contributed by atoms with van der Waals surface area (Å²) in [5.41, 5.74) is 0. The van der Waals surface area contributed by atoms with Gasteiger partial charge in [0.2, 0.25) is 0 Å². The van der Waals surface area contributed by atoms with E-state index in [2.05, 4.69) is 22.4 Å². The van der Waals surface area contributed by atoms with Gasteiger partial charge in [-0.2, -0.15) is 16.8 Å². The van der Waals surface area contributed by atoms with Crippen molar-refractivity contribution in [1.82, 2.24) is 0 Å². The molecule has 0 spiro atoms. The summed E-state index contributed by atoms with van der Waals surface area (Å²) < 4.78 is 50.4.